The van der Waals surface area contributed by atoms with Crippen LogP contribution in [0.25, 0.3) is 0 Å². The molecule has 0 saturated carbocycles. The Balaban J connectivity index is 1.29. The van der Waals surface area contributed by atoms with E-state index in [1.54, 1.807) is 6.20 Å². The SMILES string of the molecule is O=C(Cn1nccc1[C@H]1CCCNC1)N1CCN(Cc2cccnc2)CC1. The first-order chi connectivity index (χ1) is 13.3. The average Bonchev–Trinajstić information content (AvgIpc) is 3.18. The molecule has 4 rings (SSSR count). The van der Waals surface area contributed by atoms with Gasteiger partial charge in [-0.3, -0.25) is 19.4 Å². The number of aromatic nitrogens is 3. The number of piperidine rings is 1. The van der Waals surface area contributed by atoms with E-state index in [2.05, 4.69) is 32.4 Å². The number of hydrogen-bond donors (Lipinski definition) is 1. The summed E-state index contributed by atoms with van der Waals surface area (Å²) in [6.07, 6.45) is 7.88. The van der Waals surface area contributed by atoms with Crippen LogP contribution in [0.5, 0.6) is 0 Å². The maximum atomic E-state index is 12.8. The van der Waals surface area contributed by atoms with Gasteiger partial charge in [-0.25, -0.2) is 0 Å². The van der Waals surface area contributed by atoms with Crippen LogP contribution in [0.4, 0.5) is 0 Å². The molecule has 1 N–H and O–H groups in total. The number of carbonyl (C=O) groups excluding carboxylic acids is 1. The standard InChI is InChI=1S/C20H28N6O/c27-20(16-26-19(5-8-23-26)18-4-2-7-22-14-18)25-11-9-24(10-12-25)15-17-3-1-6-21-13-17/h1,3,5-6,8,13,18,22H,2,4,7,9-12,14-16H2/t18-/m0/s1. The summed E-state index contributed by atoms with van der Waals surface area (Å²) in [4.78, 5) is 21.3. The van der Waals surface area contributed by atoms with Gasteiger partial charge in [-0.1, -0.05) is 6.07 Å². The van der Waals surface area contributed by atoms with Gasteiger partial charge in [0.15, 0.2) is 0 Å². The lowest BCUT2D eigenvalue weighted by Crippen LogP contribution is -2.49. The van der Waals surface area contributed by atoms with E-state index >= 15 is 0 Å². The molecule has 2 aromatic heterocycles. The summed E-state index contributed by atoms with van der Waals surface area (Å²) in [5.41, 5.74) is 2.41. The third-order valence-corrected chi connectivity index (χ3v) is 5.60. The zero-order valence-electron chi connectivity index (χ0n) is 15.8. The Morgan fingerprint density at radius 2 is 2.07 bits per heavy atom. The lowest BCUT2D eigenvalue weighted by Gasteiger charge is -2.35. The highest BCUT2D eigenvalue weighted by Gasteiger charge is 2.24. The second kappa shape index (κ2) is 8.63. The van der Waals surface area contributed by atoms with Crippen LogP contribution in [-0.2, 0) is 17.9 Å². The maximum Gasteiger partial charge on any atom is 0.244 e. The average molecular weight is 368 g/mol. The largest absolute Gasteiger partial charge is 0.339 e. The first kappa shape index (κ1) is 18.1. The number of nitrogens with one attached hydrogen (secondary N) is 1. The minimum atomic E-state index is 0.171. The molecule has 4 heterocycles. The molecule has 2 aromatic rings. The van der Waals surface area contributed by atoms with Crippen molar-refractivity contribution < 1.29 is 4.79 Å². The van der Waals surface area contributed by atoms with Gasteiger partial charge >= 0.3 is 0 Å². The van der Waals surface area contributed by atoms with Gasteiger partial charge < -0.3 is 10.2 Å². The van der Waals surface area contributed by atoms with Gasteiger partial charge in [-0.05, 0) is 37.1 Å². The van der Waals surface area contributed by atoms with Crippen LogP contribution < -0.4 is 5.32 Å². The summed E-state index contributed by atoms with van der Waals surface area (Å²) in [7, 11) is 0. The van der Waals surface area contributed by atoms with Crippen molar-refractivity contribution in [2.24, 2.45) is 0 Å². The van der Waals surface area contributed by atoms with Crippen LogP contribution in [0.1, 0.15) is 30.0 Å². The van der Waals surface area contributed by atoms with Gasteiger partial charge in [-0.2, -0.15) is 5.10 Å². The second-order valence-corrected chi connectivity index (χ2v) is 7.48. The van der Waals surface area contributed by atoms with Crippen LogP contribution >= 0.6 is 0 Å². The molecule has 0 aromatic carbocycles. The number of hydrogen-bond acceptors (Lipinski definition) is 5. The van der Waals surface area contributed by atoms with E-state index in [0.29, 0.717) is 12.5 Å². The molecule has 7 heteroatoms. The van der Waals surface area contributed by atoms with E-state index in [-0.39, 0.29) is 5.91 Å². The highest BCUT2D eigenvalue weighted by atomic mass is 16.2. The van der Waals surface area contributed by atoms with Gasteiger partial charge in [0, 0.05) is 69.5 Å². The number of pyridine rings is 1. The number of rotatable bonds is 5. The Kier molecular flexibility index (Phi) is 5.79. The molecule has 2 saturated heterocycles. The van der Waals surface area contributed by atoms with Crippen molar-refractivity contribution >= 4 is 5.91 Å². The molecule has 2 aliphatic rings. The first-order valence-corrected chi connectivity index (χ1v) is 9.91. The molecule has 7 nitrogen and oxygen atoms in total. The molecule has 1 atom stereocenters. The lowest BCUT2D eigenvalue weighted by atomic mass is 9.96. The summed E-state index contributed by atoms with van der Waals surface area (Å²) in [6.45, 7) is 6.68. The van der Waals surface area contributed by atoms with Gasteiger partial charge in [0.1, 0.15) is 6.54 Å². The van der Waals surface area contributed by atoms with Gasteiger partial charge in [0.2, 0.25) is 5.91 Å². The summed E-state index contributed by atoms with van der Waals surface area (Å²) in [5, 5.41) is 7.87. The summed E-state index contributed by atoms with van der Waals surface area (Å²) < 4.78 is 1.90. The monoisotopic (exact) mass is 368 g/mol. The van der Waals surface area contributed by atoms with E-state index < -0.39 is 0 Å². The fourth-order valence-corrected chi connectivity index (χ4v) is 4.06. The normalized spacial score (nSPS) is 21.3. The number of carbonyl (C=O) groups is 1. The summed E-state index contributed by atoms with van der Waals surface area (Å²) >= 11 is 0. The van der Waals surface area contributed by atoms with Crippen LogP contribution in [0.15, 0.2) is 36.8 Å². The fourth-order valence-electron chi connectivity index (χ4n) is 4.06. The lowest BCUT2D eigenvalue weighted by molar-refractivity contribution is -0.133. The molecule has 0 aliphatic carbocycles. The Hall–Kier alpha value is -2.25. The second-order valence-electron chi connectivity index (χ2n) is 7.48. The molecule has 144 valence electrons. The van der Waals surface area contributed by atoms with E-state index in [9.17, 15) is 4.79 Å². The number of amides is 1. The smallest absolute Gasteiger partial charge is 0.244 e. The first-order valence-electron chi connectivity index (χ1n) is 9.91. The van der Waals surface area contributed by atoms with E-state index in [4.69, 9.17) is 0 Å². The maximum absolute atomic E-state index is 12.8. The Labute approximate surface area is 160 Å². The topological polar surface area (TPSA) is 66.3 Å². The molecule has 0 bridgehead atoms. The zero-order chi connectivity index (χ0) is 18.5. The molecule has 27 heavy (non-hydrogen) atoms. The van der Waals surface area contributed by atoms with Crippen molar-refractivity contribution in [1.29, 1.82) is 0 Å². The van der Waals surface area contributed by atoms with Crippen molar-refractivity contribution in [2.75, 3.05) is 39.3 Å². The Morgan fingerprint density at radius 1 is 1.19 bits per heavy atom. The highest BCUT2D eigenvalue weighted by molar-refractivity contribution is 5.76. The quantitative estimate of drug-likeness (QED) is 0.856. The molecule has 2 fully saturated rings. The van der Waals surface area contributed by atoms with E-state index in [0.717, 1.165) is 45.8 Å². The Morgan fingerprint density at radius 3 is 2.81 bits per heavy atom. The van der Waals surface area contributed by atoms with E-state index in [1.165, 1.54) is 24.1 Å². The molecular formula is C20H28N6O. The van der Waals surface area contributed by atoms with Crippen molar-refractivity contribution in [3.05, 3.63) is 48.0 Å². The molecular weight excluding hydrogens is 340 g/mol. The zero-order valence-corrected chi connectivity index (χ0v) is 15.8. The summed E-state index contributed by atoms with van der Waals surface area (Å²) in [5.74, 6) is 0.634. The number of nitrogens with zero attached hydrogens (tertiary/aromatic N) is 5. The minimum absolute atomic E-state index is 0.171. The van der Waals surface area contributed by atoms with E-state index in [1.807, 2.05) is 28.0 Å². The molecule has 0 spiro atoms. The fraction of sp³-hybridized carbons (Fsp3) is 0.550. The van der Waals surface area contributed by atoms with Crippen LogP contribution in [0, 0.1) is 0 Å². The third kappa shape index (κ3) is 4.54. The van der Waals surface area contributed by atoms with Crippen LogP contribution in [0.2, 0.25) is 0 Å². The minimum Gasteiger partial charge on any atom is -0.339 e. The van der Waals surface area contributed by atoms with Crippen LogP contribution in [0.3, 0.4) is 0 Å². The van der Waals surface area contributed by atoms with Gasteiger partial charge in [0.25, 0.3) is 0 Å². The predicted octanol–water partition coefficient (Wildman–Crippen LogP) is 1.09. The highest BCUT2D eigenvalue weighted by Crippen LogP contribution is 2.23. The van der Waals surface area contributed by atoms with Crippen molar-refractivity contribution in [3.8, 4) is 0 Å². The molecule has 2 aliphatic heterocycles. The molecule has 1 amide bonds. The van der Waals surface area contributed by atoms with Gasteiger partial charge in [0.05, 0.1) is 0 Å². The third-order valence-electron chi connectivity index (χ3n) is 5.60. The van der Waals surface area contributed by atoms with Crippen LogP contribution in [-0.4, -0.2) is 69.7 Å². The van der Waals surface area contributed by atoms with Crippen molar-refractivity contribution in [1.82, 2.24) is 29.9 Å². The molecule has 0 unspecified atom stereocenters. The predicted molar refractivity (Wildman–Crippen MR) is 103 cm³/mol. The van der Waals surface area contributed by atoms with Crippen molar-refractivity contribution in [3.63, 3.8) is 0 Å². The van der Waals surface area contributed by atoms with Crippen molar-refractivity contribution in [2.45, 2.75) is 31.8 Å². The van der Waals surface area contributed by atoms with Gasteiger partial charge in [-0.15, -0.1) is 0 Å². The summed E-state index contributed by atoms with van der Waals surface area (Å²) in [6, 6.07) is 6.14. The Bertz CT molecular complexity index is 732. The molecule has 0 radical (unpaired) electrons. The number of piperazine rings is 1.